The molecule has 0 amide bonds. The summed E-state index contributed by atoms with van der Waals surface area (Å²) >= 11 is 0. The third kappa shape index (κ3) is 4.74. The van der Waals surface area contributed by atoms with Crippen LogP contribution in [0.25, 0.3) is 0 Å². The predicted octanol–water partition coefficient (Wildman–Crippen LogP) is 4.95. The van der Waals surface area contributed by atoms with Crippen molar-refractivity contribution >= 4 is 0 Å². The van der Waals surface area contributed by atoms with E-state index < -0.39 is 0 Å². The molecule has 21 heavy (non-hydrogen) atoms. The summed E-state index contributed by atoms with van der Waals surface area (Å²) in [6.07, 6.45) is 8.18. The summed E-state index contributed by atoms with van der Waals surface area (Å²) in [5.41, 5.74) is 1.38. The number of rotatable bonds is 7. The summed E-state index contributed by atoms with van der Waals surface area (Å²) in [5, 5.41) is 3.78. The van der Waals surface area contributed by atoms with E-state index in [0.717, 1.165) is 24.0 Å². The summed E-state index contributed by atoms with van der Waals surface area (Å²) in [5.74, 6) is 2.80. The molecule has 2 nitrogen and oxygen atoms in total. The molecule has 0 bridgehead atoms. The van der Waals surface area contributed by atoms with Crippen molar-refractivity contribution in [3.63, 3.8) is 0 Å². The minimum absolute atomic E-state index is 0.472. The van der Waals surface area contributed by atoms with E-state index in [1.54, 1.807) is 7.11 Å². The van der Waals surface area contributed by atoms with Crippen LogP contribution in [0.1, 0.15) is 64.0 Å². The topological polar surface area (TPSA) is 21.3 Å². The minimum atomic E-state index is 0.472. The highest BCUT2D eigenvalue weighted by atomic mass is 16.5. The van der Waals surface area contributed by atoms with E-state index in [9.17, 15) is 0 Å². The van der Waals surface area contributed by atoms with Gasteiger partial charge in [0.2, 0.25) is 0 Å². The minimum Gasteiger partial charge on any atom is -0.497 e. The second-order valence-electron chi connectivity index (χ2n) is 6.44. The molecule has 0 saturated heterocycles. The van der Waals surface area contributed by atoms with Crippen LogP contribution in [0.15, 0.2) is 24.3 Å². The van der Waals surface area contributed by atoms with Gasteiger partial charge < -0.3 is 10.1 Å². The van der Waals surface area contributed by atoms with Gasteiger partial charge in [0.25, 0.3) is 0 Å². The molecule has 1 aromatic rings. The Kier molecular flexibility index (Phi) is 6.56. The Morgan fingerprint density at radius 1 is 1.05 bits per heavy atom. The van der Waals surface area contributed by atoms with Crippen molar-refractivity contribution < 1.29 is 4.74 Å². The molecule has 1 atom stereocenters. The first kappa shape index (κ1) is 16.4. The molecule has 2 rings (SSSR count). The summed E-state index contributed by atoms with van der Waals surface area (Å²) in [6, 6.07) is 8.97. The monoisotopic (exact) mass is 289 g/mol. The van der Waals surface area contributed by atoms with Crippen LogP contribution in [0.2, 0.25) is 0 Å². The molecule has 1 N–H and O–H groups in total. The van der Waals surface area contributed by atoms with Crippen LogP contribution in [-0.4, -0.2) is 13.7 Å². The third-order valence-electron chi connectivity index (χ3n) is 5.12. The molecule has 0 heterocycles. The maximum Gasteiger partial charge on any atom is 0.118 e. The lowest BCUT2D eigenvalue weighted by molar-refractivity contribution is 0.256. The van der Waals surface area contributed by atoms with Gasteiger partial charge in [-0.15, -0.1) is 0 Å². The molecule has 1 aromatic carbocycles. The van der Waals surface area contributed by atoms with E-state index >= 15 is 0 Å². The lowest BCUT2D eigenvalue weighted by Crippen LogP contribution is -2.29. The zero-order chi connectivity index (χ0) is 15.1. The Bertz CT molecular complexity index is 393. The Hall–Kier alpha value is -1.02. The van der Waals surface area contributed by atoms with Gasteiger partial charge in [-0.3, -0.25) is 0 Å². The number of benzene rings is 1. The zero-order valence-electron chi connectivity index (χ0n) is 13.9. The van der Waals surface area contributed by atoms with Gasteiger partial charge >= 0.3 is 0 Å². The molecule has 0 radical (unpaired) electrons. The van der Waals surface area contributed by atoms with Crippen molar-refractivity contribution in [2.75, 3.05) is 13.7 Å². The molecular weight excluding hydrogens is 258 g/mol. The summed E-state index contributed by atoms with van der Waals surface area (Å²) in [6.45, 7) is 5.76. The van der Waals surface area contributed by atoms with Crippen molar-refractivity contribution in [2.24, 2.45) is 11.8 Å². The van der Waals surface area contributed by atoms with Crippen molar-refractivity contribution in [1.29, 1.82) is 0 Å². The summed E-state index contributed by atoms with van der Waals surface area (Å²) < 4.78 is 5.24. The number of methoxy groups -OCH3 is 1. The average molecular weight is 289 g/mol. The van der Waals surface area contributed by atoms with E-state index in [4.69, 9.17) is 4.74 Å². The standard InChI is InChI=1S/C19H31NO/c1-4-15-6-8-16(9-7-15)14-20-19(5-2)17-10-12-18(21-3)13-11-17/h10-13,15-16,19-20H,4-9,14H2,1-3H3. The largest absolute Gasteiger partial charge is 0.497 e. The Morgan fingerprint density at radius 2 is 1.67 bits per heavy atom. The second kappa shape index (κ2) is 8.43. The van der Waals surface area contributed by atoms with Gasteiger partial charge in [-0.1, -0.05) is 45.2 Å². The molecule has 0 aromatic heterocycles. The van der Waals surface area contributed by atoms with Crippen LogP contribution >= 0.6 is 0 Å². The van der Waals surface area contributed by atoms with Crippen LogP contribution in [0.3, 0.4) is 0 Å². The van der Waals surface area contributed by atoms with Gasteiger partial charge in [0.1, 0.15) is 5.75 Å². The first-order valence-electron chi connectivity index (χ1n) is 8.64. The highest BCUT2D eigenvalue weighted by molar-refractivity contribution is 5.29. The first-order chi connectivity index (χ1) is 10.3. The van der Waals surface area contributed by atoms with Crippen molar-refractivity contribution in [3.05, 3.63) is 29.8 Å². The molecule has 1 fully saturated rings. The quantitative estimate of drug-likeness (QED) is 0.766. The highest BCUT2D eigenvalue weighted by Crippen LogP contribution is 2.30. The first-order valence-corrected chi connectivity index (χ1v) is 8.64. The highest BCUT2D eigenvalue weighted by Gasteiger charge is 2.20. The predicted molar refractivity (Wildman–Crippen MR) is 89.8 cm³/mol. The number of hydrogen-bond donors (Lipinski definition) is 1. The molecule has 1 aliphatic carbocycles. The summed E-state index contributed by atoms with van der Waals surface area (Å²) in [4.78, 5) is 0. The van der Waals surface area contributed by atoms with E-state index in [-0.39, 0.29) is 0 Å². The normalized spacial score (nSPS) is 23.8. The molecule has 1 saturated carbocycles. The zero-order valence-corrected chi connectivity index (χ0v) is 13.9. The van der Waals surface area contributed by atoms with Crippen LogP contribution in [-0.2, 0) is 0 Å². The lowest BCUT2D eigenvalue weighted by atomic mass is 9.81. The van der Waals surface area contributed by atoms with E-state index in [1.807, 2.05) is 0 Å². The Labute approximate surface area is 130 Å². The van der Waals surface area contributed by atoms with Gasteiger partial charge in [0, 0.05) is 6.04 Å². The van der Waals surface area contributed by atoms with Gasteiger partial charge in [0.05, 0.1) is 7.11 Å². The average Bonchev–Trinajstić information content (AvgIpc) is 2.56. The molecule has 118 valence electrons. The SMILES string of the molecule is CCC1CCC(CNC(CC)c2ccc(OC)cc2)CC1. The van der Waals surface area contributed by atoms with Crippen molar-refractivity contribution in [2.45, 2.75) is 58.4 Å². The van der Waals surface area contributed by atoms with Crippen LogP contribution in [0.4, 0.5) is 0 Å². The fourth-order valence-electron chi connectivity index (χ4n) is 3.49. The van der Waals surface area contributed by atoms with Gasteiger partial charge in [-0.2, -0.15) is 0 Å². The number of ether oxygens (including phenoxy) is 1. The van der Waals surface area contributed by atoms with E-state index in [1.165, 1.54) is 44.2 Å². The molecular formula is C19H31NO. The fourth-order valence-corrected chi connectivity index (χ4v) is 3.49. The fraction of sp³-hybridized carbons (Fsp3) is 0.684. The maximum atomic E-state index is 5.24. The van der Waals surface area contributed by atoms with Crippen LogP contribution < -0.4 is 10.1 Å². The third-order valence-corrected chi connectivity index (χ3v) is 5.12. The number of hydrogen-bond acceptors (Lipinski definition) is 2. The van der Waals surface area contributed by atoms with E-state index in [0.29, 0.717) is 6.04 Å². The molecule has 2 heteroatoms. The van der Waals surface area contributed by atoms with Crippen LogP contribution in [0.5, 0.6) is 5.75 Å². The smallest absolute Gasteiger partial charge is 0.118 e. The van der Waals surface area contributed by atoms with Gasteiger partial charge in [-0.05, 0) is 55.3 Å². The van der Waals surface area contributed by atoms with Crippen molar-refractivity contribution in [1.82, 2.24) is 5.32 Å². The molecule has 1 aliphatic rings. The lowest BCUT2D eigenvalue weighted by Gasteiger charge is -2.29. The maximum absolute atomic E-state index is 5.24. The van der Waals surface area contributed by atoms with Gasteiger partial charge in [-0.25, -0.2) is 0 Å². The Balaban J connectivity index is 1.82. The van der Waals surface area contributed by atoms with Crippen molar-refractivity contribution in [3.8, 4) is 5.75 Å². The van der Waals surface area contributed by atoms with E-state index in [2.05, 4.69) is 43.4 Å². The molecule has 0 spiro atoms. The second-order valence-corrected chi connectivity index (χ2v) is 6.44. The molecule has 1 unspecified atom stereocenters. The summed E-state index contributed by atoms with van der Waals surface area (Å²) in [7, 11) is 1.72. The molecule has 0 aliphatic heterocycles. The number of nitrogens with one attached hydrogen (secondary N) is 1. The van der Waals surface area contributed by atoms with Gasteiger partial charge in [0.15, 0.2) is 0 Å². The Morgan fingerprint density at radius 3 is 2.19 bits per heavy atom. The van der Waals surface area contributed by atoms with Crippen LogP contribution in [0, 0.1) is 11.8 Å².